The number of hydrogen-bond donors (Lipinski definition) is 3. The van der Waals surface area contributed by atoms with Gasteiger partial charge in [0.05, 0.1) is 16.5 Å². The summed E-state index contributed by atoms with van der Waals surface area (Å²) in [5.74, 6) is -1.59. The monoisotopic (exact) mass is 589 g/mol. The number of nitrogens with zero attached hydrogens (tertiary/aromatic N) is 3. The fourth-order valence-corrected chi connectivity index (χ4v) is 6.05. The molecule has 0 saturated carbocycles. The molecule has 3 N–H and O–H groups in total. The van der Waals surface area contributed by atoms with E-state index in [1.807, 2.05) is 0 Å². The molecule has 2 fully saturated rings. The molecule has 2 atom stereocenters. The highest BCUT2D eigenvalue weighted by Crippen LogP contribution is 2.42. The van der Waals surface area contributed by atoms with Gasteiger partial charge in [0, 0.05) is 29.4 Å². The molecule has 2 aromatic rings. The van der Waals surface area contributed by atoms with E-state index in [1.165, 1.54) is 20.8 Å². The van der Waals surface area contributed by atoms with Crippen LogP contribution in [0.4, 0.5) is 27.8 Å². The molecule has 2 amide bonds. The van der Waals surface area contributed by atoms with E-state index in [-0.39, 0.29) is 39.6 Å². The normalized spacial score (nSPS) is 20.6. The SMILES string of the molecule is CC[C@H](Nc1cc(C(F)F)c(-c2sc(C(=O)N[C@H](C)C(C)(C)O)nc2C(=O)N2C3CCC2CC3)cn1)C(F)(F)F. The van der Waals surface area contributed by atoms with E-state index < -0.39 is 53.5 Å². The molecular formula is C26H32F5N5O3S. The van der Waals surface area contributed by atoms with Crippen molar-refractivity contribution in [3.8, 4) is 10.4 Å². The number of halogens is 5. The third-order valence-corrected chi connectivity index (χ3v) is 8.75. The first-order valence-corrected chi connectivity index (χ1v) is 13.9. The first-order valence-electron chi connectivity index (χ1n) is 13.1. The van der Waals surface area contributed by atoms with Gasteiger partial charge in [-0.2, -0.15) is 13.2 Å². The van der Waals surface area contributed by atoms with Gasteiger partial charge in [0.25, 0.3) is 18.2 Å². The molecule has 8 nitrogen and oxygen atoms in total. The Morgan fingerprint density at radius 1 is 1.18 bits per heavy atom. The van der Waals surface area contributed by atoms with Gasteiger partial charge in [-0.15, -0.1) is 11.3 Å². The van der Waals surface area contributed by atoms with Crippen LogP contribution in [0.2, 0.25) is 0 Å². The summed E-state index contributed by atoms with van der Waals surface area (Å²) in [6, 6.07) is -1.88. The molecule has 220 valence electrons. The van der Waals surface area contributed by atoms with Crippen LogP contribution in [0.1, 0.15) is 92.1 Å². The molecule has 2 bridgehead atoms. The largest absolute Gasteiger partial charge is 0.408 e. The summed E-state index contributed by atoms with van der Waals surface area (Å²) in [5.41, 5.74) is -2.29. The minimum absolute atomic E-state index is 0.00727. The molecule has 14 heteroatoms. The summed E-state index contributed by atoms with van der Waals surface area (Å²) in [4.78, 5) is 36.6. The highest BCUT2D eigenvalue weighted by atomic mass is 32.1. The van der Waals surface area contributed by atoms with Crippen molar-refractivity contribution in [1.82, 2.24) is 20.2 Å². The van der Waals surface area contributed by atoms with E-state index in [2.05, 4.69) is 20.6 Å². The number of alkyl halides is 5. The second-order valence-electron chi connectivity index (χ2n) is 10.8. The van der Waals surface area contributed by atoms with Crippen molar-refractivity contribution in [3.05, 3.63) is 28.5 Å². The molecule has 2 saturated heterocycles. The number of pyridine rings is 1. The summed E-state index contributed by atoms with van der Waals surface area (Å²) >= 11 is 0.717. The number of anilines is 1. The van der Waals surface area contributed by atoms with Crippen LogP contribution in [-0.2, 0) is 0 Å². The quantitative estimate of drug-likeness (QED) is 0.331. The number of aromatic nitrogens is 2. The molecule has 40 heavy (non-hydrogen) atoms. The van der Waals surface area contributed by atoms with Crippen molar-refractivity contribution in [3.63, 3.8) is 0 Å². The molecule has 0 radical (unpaired) electrons. The predicted molar refractivity (Wildman–Crippen MR) is 139 cm³/mol. The Morgan fingerprint density at radius 2 is 1.77 bits per heavy atom. The molecule has 0 unspecified atom stereocenters. The van der Waals surface area contributed by atoms with Gasteiger partial charge in [0.2, 0.25) is 0 Å². The maximum absolute atomic E-state index is 14.3. The van der Waals surface area contributed by atoms with Crippen LogP contribution < -0.4 is 10.6 Å². The average Bonchev–Trinajstić information content (AvgIpc) is 3.60. The van der Waals surface area contributed by atoms with Gasteiger partial charge in [0.15, 0.2) is 5.01 Å². The Bertz CT molecular complexity index is 1240. The van der Waals surface area contributed by atoms with Crippen molar-refractivity contribution >= 4 is 29.0 Å². The van der Waals surface area contributed by atoms with Crippen molar-refractivity contribution < 1.29 is 36.6 Å². The molecule has 0 aliphatic carbocycles. The lowest BCUT2D eigenvalue weighted by Gasteiger charge is -2.26. The zero-order valence-corrected chi connectivity index (χ0v) is 23.3. The van der Waals surface area contributed by atoms with E-state index in [0.29, 0.717) is 0 Å². The van der Waals surface area contributed by atoms with E-state index in [9.17, 15) is 36.6 Å². The summed E-state index contributed by atoms with van der Waals surface area (Å²) in [5, 5.41) is 14.8. The molecule has 0 spiro atoms. The van der Waals surface area contributed by atoms with Crippen molar-refractivity contribution in [2.24, 2.45) is 0 Å². The van der Waals surface area contributed by atoms with E-state index in [0.717, 1.165) is 49.3 Å². The fourth-order valence-electron chi connectivity index (χ4n) is 5.06. The molecule has 4 rings (SSSR count). The van der Waals surface area contributed by atoms with Crippen LogP contribution in [0.15, 0.2) is 12.3 Å². The van der Waals surface area contributed by atoms with Crippen molar-refractivity contribution in [2.45, 2.75) is 102 Å². The van der Waals surface area contributed by atoms with Gasteiger partial charge in [-0.3, -0.25) is 9.59 Å². The first kappa shape index (κ1) is 30.1. The Hall–Kier alpha value is -2.87. The Balaban J connectivity index is 1.77. The number of carbonyl (C=O) groups is 2. The van der Waals surface area contributed by atoms with Crippen LogP contribution in [0.25, 0.3) is 10.4 Å². The molecular weight excluding hydrogens is 557 g/mol. The van der Waals surface area contributed by atoms with Gasteiger partial charge in [-0.1, -0.05) is 6.92 Å². The van der Waals surface area contributed by atoms with Crippen LogP contribution in [0.5, 0.6) is 0 Å². The van der Waals surface area contributed by atoms with Crippen LogP contribution in [0.3, 0.4) is 0 Å². The van der Waals surface area contributed by atoms with Crippen molar-refractivity contribution in [1.29, 1.82) is 0 Å². The zero-order valence-electron chi connectivity index (χ0n) is 22.5. The summed E-state index contributed by atoms with van der Waals surface area (Å²) < 4.78 is 68.4. The topological polar surface area (TPSA) is 107 Å². The number of rotatable bonds is 9. The Labute approximate surface area is 232 Å². The van der Waals surface area contributed by atoms with Crippen LogP contribution in [-0.4, -0.2) is 67.7 Å². The maximum Gasteiger partial charge on any atom is 0.408 e. The van der Waals surface area contributed by atoms with Gasteiger partial charge in [0.1, 0.15) is 17.6 Å². The third-order valence-electron chi connectivity index (χ3n) is 7.66. The standard InChI is InChI=1S/C26H32F5N5O3S/c1-5-17(26(29,30)31)34-18-10-15(21(27)28)16(11-32-18)20-19(24(38)36-13-6-7-14(36)9-8-13)35-23(40-20)22(37)33-12(2)25(3,4)39/h10-14,17,21,39H,5-9H2,1-4H3,(H,32,34)(H,33,37)/t12-,13?,14?,17+/m1/s1. The highest BCUT2D eigenvalue weighted by Gasteiger charge is 2.44. The fraction of sp³-hybridized carbons (Fsp3) is 0.615. The minimum atomic E-state index is -4.62. The minimum Gasteiger partial charge on any atom is -0.388 e. The number of aliphatic hydroxyl groups is 1. The Kier molecular flexibility index (Phi) is 8.42. The van der Waals surface area contributed by atoms with Gasteiger partial charge in [-0.05, 0) is 58.9 Å². The second kappa shape index (κ2) is 11.2. The number of fused-ring (bicyclic) bond motifs is 2. The summed E-state index contributed by atoms with van der Waals surface area (Å²) in [6.45, 7) is 5.89. The number of thiazole rings is 1. The van der Waals surface area contributed by atoms with E-state index in [1.54, 1.807) is 11.8 Å². The molecule has 2 aliphatic heterocycles. The number of carbonyl (C=O) groups excluding carboxylic acids is 2. The number of amides is 2. The van der Waals surface area contributed by atoms with Crippen LogP contribution >= 0.6 is 11.3 Å². The number of hydrogen-bond acceptors (Lipinski definition) is 7. The molecule has 2 aromatic heterocycles. The highest BCUT2D eigenvalue weighted by molar-refractivity contribution is 7.17. The van der Waals surface area contributed by atoms with Crippen LogP contribution in [0, 0.1) is 0 Å². The van der Waals surface area contributed by atoms with E-state index in [4.69, 9.17) is 0 Å². The maximum atomic E-state index is 14.3. The smallest absolute Gasteiger partial charge is 0.388 e. The summed E-state index contributed by atoms with van der Waals surface area (Å²) in [7, 11) is 0. The molecule has 4 heterocycles. The van der Waals surface area contributed by atoms with E-state index >= 15 is 0 Å². The lowest BCUT2D eigenvalue weighted by Crippen LogP contribution is -2.47. The lowest BCUT2D eigenvalue weighted by molar-refractivity contribution is -0.142. The molecule has 2 aliphatic rings. The summed E-state index contributed by atoms with van der Waals surface area (Å²) in [6.07, 6.45) is -3.84. The van der Waals surface area contributed by atoms with Crippen molar-refractivity contribution in [2.75, 3.05) is 5.32 Å². The lowest BCUT2D eigenvalue weighted by atomic mass is 10.0. The van der Waals surface area contributed by atoms with Gasteiger partial charge in [-0.25, -0.2) is 18.7 Å². The molecule has 0 aromatic carbocycles. The van der Waals surface area contributed by atoms with Gasteiger partial charge < -0.3 is 20.6 Å². The predicted octanol–water partition coefficient (Wildman–Crippen LogP) is 5.55. The first-order chi connectivity index (χ1) is 18.6. The zero-order chi connectivity index (χ0) is 29.6. The third kappa shape index (κ3) is 6.07. The average molecular weight is 590 g/mol. The Morgan fingerprint density at radius 3 is 2.27 bits per heavy atom. The second-order valence-corrected chi connectivity index (χ2v) is 11.8. The number of nitrogens with one attached hydrogen (secondary N) is 2. The van der Waals surface area contributed by atoms with Gasteiger partial charge >= 0.3 is 6.18 Å².